The average molecular weight is 216 g/mol. The second-order valence-electron chi connectivity index (χ2n) is 3.65. The quantitative estimate of drug-likeness (QED) is 0.559. The molecular formula is C10H20N2O3. The van der Waals surface area contributed by atoms with Crippen molar-refractivity contribution < 1.29 is 14.7 Å². The van der Waals surface area contributed by atoms with E-state index in [-0.39, 0.29) is 12.5 Å². The van der Waals surface area contributed by atoms with Crippen molar-refractivity contribution in [1.82, 2.24) is 10.6 Å². The van der Waals surface area contributed by atoms with Gasteiger partial charge in [-0.05, 0) is 12.3 Å². The summed E-state index contributed by atoms with van der Waals surface area (Å²) >= 11 is 0. The lowest BCUT2D eigenvalue weighted by molar-refractivity contribution is -0.137. The smallest absolute Gasteiger partial charge is 0.314 e. The summed E-state index contributed by atoms with van der Waals surface area (Å²) in [5.41, 5.74) is 0. The molecule has 0 fully saturated rings. The van der Waals surface area contributed by atoms with Crippen LogP contribution in [0, 0.1) is 5.92 Å². The van der Waals surface area contributed by atoms with Crippen molar-refractivity contribution in [3.8, 4) is 0 Å². The molecule has 5 nitrogen and oxygen atoms in total. The second kappa shape index (κ2) is 8.08. The number of aliphatic carboxylic acids is 1. The predicted molar refractivity (Wildman–Crippen MR) is 57.7 cm³/mol. The number of rotatable bonds is 7. The second-order valence-corrected chi connectivity index (χ2v) is 3.65. The zero-order valence-corrected chi connectivity index (χ0v) is 9.38. The normalized spacial score (nSPS) is 11.9. The molecule has 1 unspecified atom stereocenters. The van der Waals surface area contributed by atoms with Crippen molar-refractivity contribution in [3.63, 3.8) is 0 Å². The number of carboxylic acid groups (broad SMARTS) is 1. The Kier molecular flexibility index (Phi) is 7.40. The minimum absolute atomic E-state index is 0.0889. The predicted octanol–water partition coefficient (Wildman–Crippen LogP) is 1.20. The first-order valence-corrected chi connectivity index (χ1v) is 5.29. The molecule has 0 aliphatic heterocycles. The highest BCUT2D eigenvalue weighted by atomic mass is 16.4. The van der Waals surface area contributed by atoms with E-state index in [1.807, 2.05) is 0 Å². The van der Waals surface area contributed by atoms with E-state index in [9.17, 15) is 9.59 Å². The van der Waals surface area contributed by atoms with Gasteiger partial charge < -0.3 is 15.7 Å². The highest BCUT2D eigenvalue weighted by Crippen LogP contribution is 1.96. The van der Waals surface area contributed by atoms with Gasteiger partial charge in [0, 0.05) is 19.5 Å². The molecule has 0 heterocycles. The van der Waals surface area contributed by atoms with Crippen LogP contribution in [0.2, 0.25) is 0 Å². The monoisotopic (exact) mass is 216 g/mol. The summed E-state index contributed by atoms with van der Waals surface area (Å²) in [5, 5.41) is 13.7. The topological polar surface area (TPSA) is 78.4 Å². The summed E-state index contributed by atoms with van der Waals surface area (Å²) in [5.74, 6) is -0.369. The molecule has 3 N–H and O–H groups in total. The van der Waals surface area contributed by atoms with Crippen molar-refractivity contribution in [2.75, 3.05) is 13.1 Å². The van der Waals surface area contributed by atoms with Crippen LogP contribution in [0.1, 0.15) is 33.1 Å². The maximum atomic E-state index is 11.1. The molecule has 0 aromatic carbocycles. The maximum absolute atomic E-state index is 11.1. The third-order valence-electron chi connectivity index (χ3n) is 2.16. The van der Waals surface area contributed by atoms with Crippen molar-refractivity contribution in [2.45, 2.75) is 33.1 Å². The molecule has 0 spiro atoms. The van der Waals surface area contributed by atoms with Gasteiger partial charge in [0.15, 0.2) is 0 Å². The first kappa shape index (κ1) is 13.7. The van der Waals surface area contributed by atoms with E-state index < -0.39 is 5.97 Å². The number of carbonyl (C=O) groups excluding carboxylic acids is 1. The minimum Gasteiger partial charge on any atom is -0.481 e. The average Bonchev–Trinajstić information content (AvgIpc) is 2.20. The lowest BCUT2D eigenvalue weighted by Gasteiger charge is -2.10. The van der Waals surface area contributed by atoms with E-state index >= 15 is 0 Å². The van der Waals surface area contributed by atoms with Crippen LogP contribution in [0.5, 0.6) is 0 Å². The lowest BCUT2D eigenvalue weighted by Crippen LogP contribution is -2.38. The van der Waals surface area contributed by atoms with Gasteiger partial charge in [0.1, 0.15) is 0 Å². The van der Waals surface area contributed by atoms with Crippen LogP contribution in [0.25, 0.3) is 0 Å². The first-order chi connectivity index (χ1) is 7.06. The molecule has 0 rings (SSSR count). The molecule has 1 atom stereocenters. The van der Waals surface area contributed by atoms with Gasteiger partial charge in [0.2, 0.25) is 0 Å². The van der Waals surface area contributed by atoms with Gasteiger partial charge in [-0.3, -0.25) is 4.79 Å². The van der Waals surface area contributed by atoms with Crippen molar-refractivity contribution >= 4 is 12.0 Å². The minimum atomic E-state index is -0.836. The Morgan fingerprint density at radius 2 is 2.00 bits per heavy atom. The van der Waals surface area contributed by atoms with Crippen LogP contribution in [0.15, 0.2) is 0 Å². The molecule has 0 aliphatic carbocycles. The van der Waals surface area contributed by atoms with Crippen LogP contribution in [0.4, 0.5) is 4.79 Å². The van der Waals surface area contributed by atoms with E-state index in [0.717, 1.165) is 6.42 Å². The number of nitrogens with one attached hydrogen (secondary N) is 2. The summed E-state index contributed by atoms with van der Waals surface area (Å²) in [6.45, 7) is 5.18. The zero-order chi connectivity index (χ0) is 11.7. The van der Waals surface area contributed by atoms with E-state index in [1.54, 1.807) is 0 Å². The molecule has 0 radical (unpaired) electrons. The fraction of sp³-hybridized carbons (Fsp3) is 0.800. The summed E-state index contributed by atoms with van der Waals surface area (Å²) < 4.78 is 0. The molecule has 0 saturated carbocycles. The highest BCUT2D eigenvalue weighted by molar-refractivity contribution is 5.73. The number of hydrogen-bond acceptors (Lipinski definition) is 2. The van der Waals surface area contributed by atoms with Gasteiger partial charge in [-0.15, -0.1) is 0 Å². The molecule has 2 amide bonds. The lowest BCUT2D eigenvalue weighted by atomic mass is 10.1. The van der Waals surface area contributed by atoms with E-state index in [0.29, 0.717) is 25.4 Å². The van der Waals surface area contributed by atoms with Crippen LogP contribution in [-0.4, -0.2) is 30.2 Å². The summed E-state index contributed by atoms with van der Waals surface area (Å²) in [6.07, 6.45) is 1.58. The van der Waals surface area contributed by atoms with Gasteiger partial charge >= 0.3 is 12.0 Å². The molecule has 5 heteroatoms. The highest BCUT2D eigenvalue weighted by Gasteiger charge is 2.03. The van der Waals surface area contributed by atoms with Gasteiger partial charge in [0.05, 0.1) is 0 Å². The number of carbonyl (C=O) groups is 2. The largest absolute Gasteiger partial charge is 0.481 e. The zero-order valence-electron chi connectivity index (χ0n) is 9.38. The molecular weight excluding hydrogens is 196 g/mol. The van der Waals surface area contributed by atoms with Crippen molar-refractivity contribution in [1.29, 1.82) is 0 Å². The number of urea groups is 1. The van der Waals surface area contributed by atoms with Crippen LogP contribution in [-0.2, 0) is 4.79 Å². The fourth-order valence-corrected chi connectivity index (χ4v) is 0.915. The Morgan fingerprint density at radius 1 is 1.33 bits per heavy atom. The summed E-state index contributed by atoms with van der Waals surface area (Å²) in [4.78, 5) is 21.3. The van der Waals surface area contributed by atoms with Gasteiger partial charge in [-0.25, -0.2) is 4.79 Å². The maximum Gasteiger partial charge on any atom is 0.314 e. The first-order valence-electron chi connectivity index (χ1n) is 5.29. The Hall–Kier alpha value is -1.26. The summed E-state index contributed by atoms with van der Waals surface area (Å²) in [6, 6.07) is -0.222. The molecule has 0 bridgehead atoms. The van der Waals surface area contributed by atoms with Crippen LogP contribution >= 0.6 is 0 Å². The molecule has 0 aromatic heterocycles. The number of amides is 2. The Morgan fingerprint density at radius 3 is 2.53 bits per heavy atom. The Bertz CT molecular complexity index is 207. The number of carboxylic acids is 1. The standard InChI is InChI=1S/C10H20N2O3/c1-3-8(2)7-12-10(15)11-6-4-5-9(13)14/h8H,3-7H2,1-2H3,(H,13,14)(H2,11,12,15). The van der Waals surface area contributed by atoms with E-state index in [4.69, 9.17) is 5.11 Å². The molecule has 0 saturated heterocycles. The molecule has 0 aliphatic rings. The molecule has 88 valence electrons. The third kappa shape index (κ3) is 9.05. The number of hydrogen-bond donors (Lipinski definition) is 3. The van der Waals surface area contributed by atoms with Crippen LogP contribution < -0.4 is 10.6 Å². The van der Waals surface area contributed by atoms with Crippen molar-refractivity contribution in [2.24, 2.45) is 5.92 Å². The van der Waals surface area contributed by atoms with Gasteiger partial charge in [0.25, 0.3) is 0 Å². The van der Waals surface area contributed by atoms with E-state index in [2.05, 4.69) is 24.5 Å². The van der Waals surface area contributed by atoms with Gasteiger partial charge in [-0.1, -0.05) is 20.3 Å². The third-order valence-corrected chi connectivity index (χ3v) is 2.16. The Balaban J connectivity index is 3.37. The summed E-state index contributed by atoms with van der Waals surface area (Å²) in [7, 11) is 0. The van der Waals surface area contributed by atoms with E-state index in [1.165, 1.54) is 0 Å². The SMILES string of the molecule is CCC(C)CNC(=O)NCCCC(=O)O. The van der Waals surface area contributed by atoms with Crippen LogP contribution in [0.3, 0.4) is 0 Å². The van der Waals surface area contributed by atoms with Gasteiger partial charge in [-0.2, -0.15) is 0 Å². The van der Waals surface area contributed by atoms with Crippen molar-refractivity contribution in [3.05, 3.63) is 0 Å². The fourth-order valence-electron chi connectivity index (χ4n) is 0.915. The molecule has 0 aromatic rings. The Labute approximate surface area is 90.2 Å². The molecule has 15 heavy (non-hydrogen) atoms.